The van der Waals surface area contributed by atoms with Gasteiger partial charge >= 0.3 is 5.97 Å². The number of rotatable bonds is 9. The van der Waals surface area contributed by atoms with E-state index in [0.717, 1.165) is 11.8 Å². The Kier molecular flexibility index (Phi) is 11.4. The van der Waals surface area contributed by atoms with E-state index in [9.17, 15) is 32.0 Å². The summed E-state index contributed by atoms with van der Waals surface area (Å²) >= 11 is 0. The van der Waals surface area contributed by atoms with Crippen molar-refractivity contribution in [1.82, 2.24) is 14.6 Å². The number of carbonyl (C=O) groups is 4. The lowest BCUT2D eigenvalue weighted by atomic mass is 9.82. The summed E-state index contributed by atoms with van der Waals surface area (Å²) in [4.78, 5) is 62.7. The number of hydrogen-bond donors (Lipinski definition) is 1. The predicted octanol–water partition coefficient (Wildman–Crippen LogP) is 5.87. The predicted molar refractivity (Wildman–Crippen MR) is 203 cm³/mol. The van der Waals surface area contributed by atoms with E-state index in [-0.39, 0.29) is 62.8 Å². The third-order valence-corrected chi connectivity index (χ3v) is 14.0. The van der Waals surface area contributed by atoms with Crippen LogP contribution in [-0.4, -0.2) is 84.7 Å². The van der Waals surface area contributed by atoms with Crippen LogP contribution in [0, 0.1) is 29.1 Å². The second kappa shape index (κ2) is 15.5. The lowest BCUT2D eigenvalue weighted by molar-refractivity contribution is -0.160. The Balaban J connectivity index is 1.35. The minimum absolute atomic E-state index is 0.0142. The van der Waals surface area contributed by atoms with E-state index in [4.69, 9.17) is 14.2 Å². The highest BCUT2D eigenvalue weighted by molar-refractivity contribution is 7.91. The zero-order valence-corrected chi connectivity index (χ0v) is 33.5. The molecule has 2 amide bonds. The monoisotopic (exact) mass is 783 g/mol. The Morgan fingerprint density at radius 3 is 2.45 bits per heavy atom. The molecular formula is C41H54FN3O9S. The molecule has 2 aliphatic heterocycles. The zero-order chi connectivity index (χ0) is 39.9. The first-order chi connectivity index (χ1) is 25.9. The molecule has 2 aromatic rings. The van der Waals surface area contributed by atoms with Gasteiger partial charge in [-0.1, -0.05) is 44.2 Å². The first kappa shape index (κ1) is 40.6. The summed E-state index contributed by atoms with van der Waals surface area (Å²) < 4.78 is 58.4. The molecule has 4 aliphatic rings. The van der Waals surface area contributed by atoms with Gasteiger partial charge in [-0.05, 0) is 83.1 Å². The van der Waals surface area contributed by atoms with Crippen LogP contribution in [-0.2, 0) is 33.9 Å². The quantitative estimate of drug-likeness (QED) is 0.241. The van der Waals surface area contributed by atoms with Crippen molar-refractivity contribution in [2.45, 2.75) is 115 Å². The summed E-state index contributed by atoms with van der Waals surface area (Å²) in [6.45, 7) is 8.24. The van der Waals surface area contributed by atoms with Gasteiger partial charge in [-0.15, -0.1) is 0 Å². The van der Waals surface area contributed by atoms with E-state index in [2.05, 4.69) is 16.6 Å². The average molecular weight is 784 g/mol. The third kappa shape index (κ3) is 8.53. The molecule has 55 heavy (non-hydrogen) atoms. The third-order valence-electron chi connectivity index (χ3n) is 11.8. The van der Waals surface area contributed by atoms with E-state index in [1.807, 2.05) is 43.3 Å². The number of hydrogen-bond acceptors (Lipinski definition) is 10. The normalized spacial score (nSPS) is 30.3. The molecule has 1 aromatic carbocycles. The van der Waals surface area contributed by atoms with Crippen molar-refractivity contribution in [3.05, 3.63) is 42.6 Å². The topological polar surface area (TPSA) is 158 Å². The number of aromatic nitrogens is 1. The van der Waals surface area contributed by atoms with Gasteiger partial charge in [0.25, 0.3) is 0 Å². The molecule has 12 nitrogen and oxygen atoms in total. The highest BCUT2D eigenvalue weighted by Gasteiger charge is 2.63. The number of fused-ring (bicyclic) bond motifs is 3. The number of ether oxygens (including phenoxy) is 3. The fraction of sp³-hybridized carbons (Fsp3) is 0.634. The number of allylic oxidation sites excluding steroid dienone is 2. The van der Waals surface area contributed by atoms with Crippen molar-refractivity contribution in [3.63, 3.8) is 0 Å². The van der Waals surface area contributed by atoms with Gasteiger partial charge in [-0.25, -0.2) is 17.8 Å². The summed E-state index contributed by atoms with van der Waals surface area (Å²) in [5.74, 6) is -2.60. The number of methoxy groups -OCH3 is 1. The molecule has 6 rings (SSSR count). The Bertz CT molecular complexity index is 1960. The Morgan fingerprint density at radius 2 is 1.80 bits per heavy atom. The minimum Gasteiger partial charge on any atom is -0.494 e. The first-order valence-electron chi connectivity index (χ1n) is 19.4. The molecule has 0 spiro atoms. The summed E-state index contributed by atoms with van der Waals surface area (Å²) in [6.07, 6.45) is 6.83. The largest absolute Gasteiger partial charge is 0.494 e. The summed E-state index contributed by atoms with van der Waals surface area (Å²) in [5.41, 5.74) is -2.15. The highest BCUT2D eigenvalue weighted by Crippen LogP contribution is 2.58. The van der Waals surface area contributed by atoms with Crippen LogP contribution in [0.1, 0.15) is 92.4 Å². The molecule has 1 saturated heterocycles. The number of benzene rings is 1. The molecular weight excluding hydrogens is 730 g/mol. The van der Waals surface area contributed by atoms with Crippen molar-refractivity contribution in [2.75, 3.05) is 20.3 Å². The first-order valence-corrected chi connectivity index (χ1v) is 20.8. The number of nitrogens with zero attached hydrogens (tertiary/aromatic N) is 2. The standard InChI is InChI=1S/C41H54FN3O9S/c1-25-11-7-8-12-27-20-41(27,38(49)44-55(50,51)40(24-42)15-16-40)21-33(46)32-18-28(53-36-30-14-10-9-13-29(30)34(52-6)22-43-36)23-45(32)37(48)31(26(2)17-25)19-35(47)54-39(3,4)5/h8-10,12-14,22,25-28,31-32H,7,11,15-21,23-24H2,1-6H3,(H,44,49)/b12-8-/t25-,26-,27-,28-,31+,32+,41-/m1/s1. The van der Waals surface area contributed by atoms with Gasteiger partial charge in [0, 0.05) is 23.6 Å². The molecule has 3 heterocycles. The molecule has 2 aliphatic carbocycles. The molecule has 300 valence electrons. The van der Waals surface area contributed by atoms with Crippen LogP contribution in [0.25, 0.3) is 10.8 Å². The molecule has 14 heteroatoms. The van der Waals surface area contributed by atoms with Crippen LogP contribution < -0.4 is 14.2 Å². The maximum Gasteiger partial charge on any atom is 0.307 e. The zero-order valence-electron chi connectivity index (χ0n) is 32.6. The number of Topliss-reactive ketones (excluding diaryl/α,β-unsaturated/α-hetero) is 1. The van der Waals surface area contributed by atoms with Crippen LogP contribution in [0.2, 0.25) is 0 Å². The molecule has 1 aromatic heterocycles. The number of amides is 2. The lowest BCUT2D eigenvalue weighted by Gasteiger charge is -2.32. The fourth-order valence-electron chi connectivity index (χ4n) is 8.36. The number of alkyl halides is 1. The molecule has 0 unspecified atom stereocenters. The van der Waals surface area contributed by atoms with Gasteiger partial charge in [-0.2, -0.15) is 0 Å². The van der Waals surface area contributed by atoms with Crippen molar-refractivity contribution in [2.24, 2.45) is 29.1 Å². The molecule has 1 N–H and O–H groups in total. The summed E-state index contributed by atoms with van der Waals surface area (Å²) in [5, 5.41) is 1.45. The maximum absolute atomic E-state index is 14.8. The van der Waals surface area contributed by atoms with Crippen LogP contribution in [0.4, 0.5) is 4.39 Å². The molecule has 0 radical (unpaired) electrons. The molecule has 2 saturated carbocycles. The number of pyridine rings is 1. The Labute approximate surface area is 323 Å². The smallest absolute Gasteiger partial charge is 0.307 e. The van der Waals surface area contributed by atoms with Gasteiger partial charge in [-0.3, -0.25) is 23.9 Å². The molecule has 7 atom stereocenters. The summed E-state index contributed by atoms with van der Waals surface area (Å²) in [6, 6.07) is 6.39. The van der Waals surface area contributed by atoms with E-state index in [1.165, 1.54) is 4.90 Å². The fourth-order valence-corrected chi connectivity index (χ4v) is 9.80. The second-order valence-electron chi connectivity index (χ2n) is 17.2. The van der Waals surface area contributed by atoms with Gasteiger partial charge in [0.2, 0.25) is 27.7 Å². The number of ketones is 1. The van der Waals surface area contributed by atoms with Crippen molar-refractivity contribution in [1.29, 1.82) is 0 Å². The van der Waals surface area contributed by atoms with E-state index in [1.54, 1.807) is 34.1 Å². The van der Waals surface area contributed by atoms with E-state index < -0.39 is 74.1 Å². The number of carbonyl (C=O) groups excluding carboxylic acids is 4. The summed E-state index contributed by atoms with van der Waals surface area (Å²) in [7, 11) is -2.79. The van der Waals surface area contributed by atoms with Crippen LogP contribution in [0.3, 0.4) is 0 Å². The van der Waals surface area contributed by atoms with Gasteiger partial charge in [0.05, 0.1) is 43.6 Å². The Morgan fingerprint density at radius 1 is 1.09 bits per heavy atom. The SMILES string of the molecule is COc1cnc(O[C@@H]2C[C@H]3C(=O)C[C@]4(C(=O)NS(=O)(=O)C5(CF)CC5)C[C@H]4/C=C\CC[C@@H](C)C[C@@H](C)[C@H](CC(=O)OC(C)(C)C)C(=O)N3C2)c2ccccc12. The number of sulfonamides is 1. The minimum atomic E-state index is -4.33. The van der Waals surface area contributed by atoms with Gasteiger partial charge in [0.1, 0.15) is 28.9 Å². The van der Waals surface area contributed by atoms with Crippen LogP contribution in [0.5, 0.6) is 11.6 Å². The van der Waals surface area contributed by atoms with E-state index in [0.29, 0.717) is 29.9 Å². The second-order valence-corrected chi connectivity index (χ2v) is 19.3. The number of nitrogens with one attached hydrogen (secondary N) is 1. The Hall–Kier alpha value is -4.07. The van der Waals surface area contributed by atoms with Crippen LogP contribution >= 0.6 is 0 Å². The van der Waals surface area contributed by atoms with Gasteiger partial charge < -0.3 is 19.1 Å². The maximum atomic E-state index is 14.8. The van der Waals surface area contributed by atoms with Crippen molar-refractivity contribution < 1.29 is 46.2 Å². The van der Waals surface area contributed by atoms with Crippen LogP contribution in [0.15, 0.2) is 42.6 Å². The van der Waals surface area contributed by atoms with E-state index >= 15 is 0 Å². The van der Waals surface area contributed by atoms with Crippen molar-refractivity contribution in [3.8, 4) is 11.6 Å². The molecule has 0 bridgehead atoms. The van der Waals surface area contributed by atoms with Crippen molar-refractivity contribution >= 4 is 44.4 Å². The number of esters is 1. The molecule has 3 fully saturated rings. The lowest BCUT2D eigenvalue weighted by Crippen LogP contribution is -2.48. The average Bonchev–Trinajstić information content (AvgIpc) is 4.02. The number of halogens is 1. The highest BCUT2D eigenvalue weighted by atomic mass is 32.2. The van der Waals surface area contributed by atoms with Gasteiger partial charge in [0.15, 0.2) is 5.78 Å².